The van der Waals surface area contributed by atoms with Crippen LogP contribution in [0.4, 0.5) is 0 Å². The summed E-state index contributed by atoms with van der Waals surface area (Å²) >= 11 is 0. The lowest BCUT2D eigenvalue weighted by molar-refractivity contribution is -0.134. The van der Waals surface area contributed by atoms with Gasteiger partial charge in [0, 0.05) is 26.5 Å². The SMILES string of the molecule is COCCCN(C(C(=O)NO)C(C)C)S(=O)(=O)c1ccc(Oc2ccc(S(C)(=O)=O)cc2)cc1. The molecule has 10 nitrogen and oxygen atoms in total. The van der Waals surface area contributed by atoms with Crippen molar-refractivity contribution in [3.8, 4) is 11.5 Å². The normalized spacial score (nSPS) is 13.1. The van der Waals surface area contributed by atoms with Crippen molar-refractivity contribution in [3.05, 3.63) is 48.5 Å². The van der Waals surface area contributed by atoms with E-state index in [1.54, 1.807) is 19.3 Å². The highest BCUT2D eigenvalue weighted by Gasteiger charge is 2.37. The monoisotopic (exact) mass is 514 g/mol. The van der Waals surface area contributed by atoms with Crippen molar-refractivity contribution >= 4 is 25.8 Å². The number of nitrogens with zero attached hydrogens (tertiary/aromatic N) is 1. The Morgan fingerprint density at radius 2 is 1.47 bits per heavy atom. The maximum absolute atomic E-state index is 13.4. The molecule has 1 unspecified atom stereocenters. The molecule has 1 amide bonds. The van der Waals surface area contributed by atoms with Gasteiger partial charge >= 0.3 is 0 Å². The molecule has 2 rings (SSSR count). The van der Waals surface area contributed by atoms with Crippen LogP contribution in [0.1, 0.15) is 20.3 Å². The number of hydroxylamine groups is 1. The van der Waals surface area contributed by atoms with E-state index in [0.717, 1.165) is 10.6 Å². The number of hydrogen-bond acceptors (Lipinski definition) is 8. The van der Waals surface area contributed by atoms with Gasteiger partial charge in [0.05, 0.1) is 9.79 Å². The molecule has 2 aromatic rings. The van der Waals surface area contributed by atoms with Gasteiger partial charge in [0.2, 0.25) is 10.0 Å². The fourth-order valence-electron chi connectivity index (χ4n) is 3.31. The minimum atomic E-state index is -4.11. The zero-order chi connectivity index (χ0) is 25.5. The first-order valence-electron chi connectivity index (χ1n) is 10.4. The Kier molecular flexibility index (Phi) is 9.59. The zero-order valence-corrected chi connectivity index (χ0v) is 21.1. The van der Waals surface area contributed by atoms with Crippen molar-refractivity contribution in [2.75, 3.05) is 26.5 Å². The highest BCUT2D eigenvalue weighted by atomic mass is 32.2. The van der Waals surface area contributed by atoms with Crippen molar-refractivity contribution in [1.29, 1.82) is 0 Å². The van der Waals surface area contributed by atoms with Crippen molar-refractivity contribution in [1.82, 2.24) is 9.79 Å². The summed E-state index contributed by atoms with van der Waals surface area (Å²) in [4.78, 5) is 12.4. The Labute approximate surface area is 200 Å². The van der Waals surface area contributed by atoms with Crippen molar-refractivity contribution < 1.29 is 36.3 Å². The van der Waals surface area contributed by atoms with Crippen LogP contribution in [0.15, 0.2) is 58.3 Å². The average Bonchev–Trinajstić information content (AvgIpc) is 2.78. The van der Waals surface area contributed by atoms with Gasteiger partial charge in [0.1, 0.15) is 17.5 Å². The van der Waals surface area contributed by atoms with Crippen LogP contribution in [-0.2, 0) is 29.4 Å². The molecule has 0 radical (unpaired) electrons. The molecular weight excluding hydrogens is 484 g/mol. The second-order valence-corrected chi connectivity index (χ2v) is 11.9. The van der Waals surface area contributed by atoms with Crippen molar-refractivity contribution in [2.24, 2.45) is 5.92 Å². The highest BCUT2D eigenvalue weighted by Crippen LogP contribution is 2.27. The Balaban J connectivity index is 2.31. The third kappa shape index (κ3) is 7.00. The first-order chi connectivity index (χ1) is 15.9. The molecule has 0 aliphatic heterocycles. The number of sulfone groups is 1. The molecule has 0 saturated heterocycles. The first-order valence-corrected chi connectivity index (χ1v) is 13.8. The lowest BCUT2D eigenvalue weighted by atomic mass is 10.0. The van der Waals surface area contributed by atoms with Crippen LogP contribution in [0.25, 0.3) is 0 Å². The summed E-state index contributed by atoms with van der Waals surface area (Å²) in [6.45, 7) is 3.68. The Morgan fingerprint density at radius 3 is 1.88 bits per heavy atom. The smallest absolute Gasteiger partial charge is 0.262 e. The summed E-state index contributed by atoms with van der Waals surface area (Å²) in [5.41, 5.74) is 1.56. The largest absolute Gasteiger partial charge is 0.457 e. The minimum absolute atomic E-state index is 0.0113. The molecule has 0 aliphatic carbocycles. The number of carbonyl (C=O) groups excluding carboxylic acids is 1. The second-order valence-electron chi connectivity index (χ2n) is 7.94. The van der Waals surface area contributed by atoms with E-state index in [1.165, 1.54) is 55.6 Å². The van der Waals surface area contributed by atoms with E-state index in [2.05, 4.69) is 0 Å². The molecule has 0 aliphatic rings. The molecule has 0 bridgehead atoms. The minimum Gasteiger partial charge on any atom is -0.457 e. The maximum Gasteiger partial charge on any atom is 0.262 e. The van der Waals surface area contributed by atoms with Gasteiger partial charge in [-0.15, -0.1) is 0 Å². The Hall–Kier alpha value is -2.51. The van der Waals surface area contributed by atoms with Gasteiger partial charge in [0.15, 0.2) is 9.84 Å². The van der Waals surface area contributed by atoms with E-state index in [-0.39, 0.29) is 16.3 Å². The van der Waals surface area contributed by atoms with E-state index in [0.29, 0.717) is 24.5 Å². The number of sulfonamides is 1. The molecule has 0 fully saturated rings. The Morgan fingerprint density at radius 1 is 0.971 bits per heavy atom. The summed E-state index contributed by atoms with van der Waals surface area (Å²) < 4.78 is 61.7. The summed E-state index contributed by atoms with van der Waals surface area (Å²) in [6.07, 6.45) is 1.46. The molecular formula is C22H30N2O8S2. The number of nitrogens with one attached hydrogen (secondary N) is 1. The van der Waals surface area contributed by atoms with Gasteiger partial charge in [-0.3, -0.25) is 10.0 Å². The summed E-state index contributed by atoms with van der Waals surface area (Å²) in [5.74, 6) is -0.523. The fourth-order valence-corrected chi connectivity index (χ4v) is 5.70. The molecule has 2 aromatic carbocycles. The number of amides is 1. The van der Waals surface area contributed by atoms with E-state index in [4.69, 9.17) is 14.7 Å². The predicted octanol–water partition coefficient (Wildman–Crippen LogP) is 2.44. The van der Waals surface area contributed by atoms with Crippen molar-refractivity contribution in [2.45, 2.75) is 36.1 Å². The van der Waals surface area contributed by atoms with E-state index in [1.807, 2.05) is 0 Å². The molecule has 34 heavy (non-hydrogen) atoms. The quantitative estimate of drug-likeness (QED) is 0.250. The van der Waals surface area contributed by atoms with Crippen LogP contribution >= 0.6 is 0 Å². The van der Waals surface area contributed by atoms with Crippen LogP contribution in [0.3, 0.4) is 0 Å². The number of carbonyl (C=O) groups is 1. The van der Waals surface area contributed by atoms with Crippen LogP contribution in [-0.4, -0.2) is 64.8 Å². The highest BCUT2D eigenvalue weighted by molar-refractivity contribution is 7.90. The first kappa shape index (κ1) is 27.7. The van der Waals surface area contributed by atoms with Gasteiger partial charge in [0.25, 0.3) is 5.91 Å². The molecule has 0 saturated carbocycles. The molecule has 0 aromatic heterocycles. The second kappa shape index (κ2) is 11.8. The molecule has 188 valence electrons. The lowest BCUT2D eigenvalue weighted by Crippen LogP contribution is -2.52. The standard InChI is InChI=1S/C22H30N2O8S2/c1-16(2)21(22(25)23-26)24(14-5-15-31-3)34(29,30)20-12-8-18(9-13-20)32-17-6-10-19(11-7-17)33(4,27)28/h6-13,16,21,26H,5,14-15H2,1-4H3,(H,23,25). The zero-order valence-electron chi connectivity index (χ0n) is 19.5. The molecule has 1 atom stereocenters. The summed E-state index contributed by atoms with van der Waals surface area (Å²) in [6, 6.07) is 10.3. The number of rotatable bonds is 12. The summed E-state index contributed by atoms with van der Waals surface area (Å²) in [7, 11) is -5.95. The lowest BCUT2D eigenvalue weighted by Gasteiger charge is -2.31. The fraction of sp³-hybridized carbons (Fsp3) is 0.409. The van der Waals surface area contributed by atoms with Gasteiger partial charge < -0.3 is 9.47 Å². The van der Waals surface area contributed by atoms with Crippen LogP contribution in [0, 0.1) is 5.92 Å². The number of hydrogen-bond donors (Lipinski definition) is 2. The van der Waals surface area contributed by atoms with E-state index < -0.39 is 37.7 Å². The molecule has 2 N–H and O–H groups in total. The topological polar surface area (TPSA) is 139 Å². The molecule has 0 heterocycles. The maximum atomic E-state index is 13.4. The van der Waals surface area contributed by atoms with Gasteiger partial charge in [-0.2, -0.15) is 4.31 Å². The number of ether oxygens (including phenoxy) is 2. The van der Waals surface area contributed by atoms with E-state index >= 15 is 0 Å². The average molecular weight is 515 g/mol. The predicted molar refractivity (Wildman–Crippen MR) is 125 cm³/mol. The molecule has 0 spiro atoms. The Bertz CT molecular complexity index is 1160. The van der Waals surface area contributed by atoms with Crippen LogP contribution in [0.5, 0.6) is 11.5 Å². The van der Waals surface area contributed by atoms with Gasteiger partial charge in [-0.05, 0) is 60.9 Å². The third-order valence-electron chi connectivity index (χ3n) is 4.97. The summed E-state index contributed by atoms with van der Waals surface area (Å²) in [5, 5.41) is 9.15. The van der Waals surface area contributed by atoms with Crippen molar-refractivity contribution in [3.63, 3.8) is 0 Å². The van der Waals surface area contributed by atoms with Crippen LogP contribution < -0.4 is 10.2 Å². The molecule has 12 heteroatoms. The third-order valence-corrected chi connectivity index (χ3v) is 7.99. The van der Waals surface area contributed by atoms with E-state index in [9.17, 15) is 21.6 Å². The van der Waals surface area contributed by atoms with Crippen LogP contribution in [0.2, 0.25) is 0 Å². The number of benzene rings is 2. The number of methoxy groups -OCH3 is 1. The van der Waals surface area contributed by atoms with Gasteiger partial charge in [-0.25, -0.2) is 22.3 Å². The van der Waals surface area contributed by atoms with Gasteiger partial charge in [-0.1, -0.05) is 13.8 Å².